The van der Waals surface area contributed by atoms with Crippen LogP contribution in [0, 0.1) is 11.8 Å². The molecular formula is C13H13ClO. The number of carbonyl (C=O) groups is 1. The fourth-order valence-corrected chi connectivity index (χ4v) is 3.45. The summed E-state index contributed by atoms with van der Waals surface area (Å²) in [5, 5.41) is 0.753. The lowest BCUT2D eigenvalue weighted by Crippen LogP contribution is -2.20. The summed E-state index contributed by atoms with van der Waals surface area (Å²) >= 11 is 6.15. The van der Waals surface area contributed by atoms with Gasteiger partial charge >= 0.3 is 0 Å². The van der Waals surface area contributed by atoms with Gasteiger partial charge in [0.05, 0.1) is 0 Å². The molecule has 1 aromatic carbocycles. The average Bonchev–Trinajstić information content (AvgIpc) is 2.80. The van der Waals surface area contributed by atoms with Crippen molar-refractivity contribution in [2.24, 2.45) is 11.8 Å². The van der Waals surface area contributed by atoms with Crippen LogP contribution in [0.3, 0.4) is 0 Å². The van der Waals surface area contributed by atoms with Crippen molar-refractivity contribution in [2.75, 3.05) is 0 Å². The molecule has 1 aromatic rings. The summed E-state index contributed by atoms with van der Waals surface area (Å²) < 4.78 is 0. The minimum absolute atomic E-state index is 0.0949. The second-order valence-corrected chi connectivity index (χ2v) is 5.08. The zero-order valence-corrected chi connectivity index (χ0v) is 9.20. The summed E-state index contributed by atoms with van der Waals surface area (Å²) in [5.74, 6) is 1.41. The van der Waals surface area contributed by atoms with Gasteiger partial charge in [0, 0.05) is 16.9 Å². The van der Waals surface area contributed by atoms with Crippen LogP contribution >= 0.6 is 11.6 Å². The molecule has 0 radical (unpaired) electrons. The molecule has 2 saturated carbocycles. The van der Waals surface area contributed by atoms with E-state index in [0.29, 0.717) is 17.6 Å². The molecule has 2 fully saturated rings. The van der Waals surface area contributed by atoms with Crippen LogP contribution in [-0.4, -0.2) is 5.78 Å². The smallest absolute Gasteiger partial charge is 0.143 e. The van der Waals surface area contributed by atoms with Gasteiger partial charge in [-0.3, -0.25) is 4.79 Å². The molecule has 0 aliphatic heterocycles. The van der Waals surface area contributed by atoms with Crippen molar-refractivity contribution in [2.45, 2.75) is 25.2 Å². The van der Waals surface area contributed by atoms with Crippen LogP contribution in [0.25, 0.3) is 0 Å². The number of halogens is 1. The van der Waals surface area contributed by atoms with Crippen molar-refractivity contribution in [3.05, 3.63) is 34.9 Å². The van der Waals surface area contributed by atoms with Crippen molar-refractivity contribution in [1.82, 2.24) is 0 Å². The Morgan fingerprint density at radius 1 is 1.20 bits per heavy atom. The number of hydrogen-bond donors (Lipinski definition) is 0. The van der Waals surface area contributed by atoms with Crippen LogP contribution in [0.4, 0.5) is 0 Å². The molecule has 3 rings (SSSR count). The minimum atomic E-state index is 0.0949. The molecule has 15 heavy (non-hydrogen) atoms. The Morgan fingerprint density at radius 3 is 2.67 bits per heavy atom. The highest BCUT2D eigenvalue weighted by Crippen LogP contribution is 2.51. The quantitative estimate of drug-likeness (QED) is 0.709. The third kappa shape index (κ3) is 1.33. The van der Waals surface area contributed by atoms with Gasteiger partial charge in [0.1, 0.15) is 5.78 Å². The van der Waals surface area contributed by atoms with E-state index in [1.54, 1.807) is 0 Å². The van der Waals surface area contributed by atoms with Crippen molar-refractivity contribution in [3.63, 3.8) is 0 Å². The predicted molar refractivity (Wildman–Crippen MR) is 60.0 cm³/mol. The first kappa shape index (κ1) is 9.41. The Balaban J connectivity index is 2.02. The normalized spacial score (nSPS) is 33.7. The minimum Gasteiger partial charge on any atom is -0.299 e. The van der Waals surface area contributed by atoms with Gasteiger partial charge in [-0.05, 0) is 36.8 Å². The third-order valence-electron chi connectivity index (χ3n) is 3.89. The average molecular weight is 221 g/mol. The number of fused-ring (bicyclic) bond motifs is 2. The van der Waals surface area contributed by atoms with Crippen molar-refractivity contribution >= 4 is 17.4 Å². The monoisotopic (exact) mass is 220 g/mol. The highest BCUT2D eigenvalue weighted by Gasteiger charge is 2.47. The Bertz CT molecular complexity index is 413. The molecule has 0 amide bonds. The Hall–Kier alpha value is -0.820. The fourth-order valence-electron chi connectivity index (χ4n) is 3.20. The van der Waals surface area contributed by atoms with E-state index in [4.69, 9.17) is 11.6 Å². The van der Waals surface area contributed by atoms with Gasteiger partial charge in [-0.15, -0.1) is 0 Å². The number of benzene rings is 1. The summed E-state index contributed by atoms with van der Waals surface area (Å²) in [4.78, 5) is 12.1. The molecule has 0 heterocycles. The lowest BCUT2D eigenvalue weighted by molar-refractivity contribution is -0.123. The maximum atomic E-state index is 12.1. The molecule has 3 atom stereocenters. The lowest BCUT2D eigenvalue weighted by atomic mass is 9.82. The van der Waals surface area contributed by atoms with Gasteiger partial charge in [0.25, 0.3) is 0 Å². The third-order valence-corrected chi connectivity index (χ3v) is 4.24. The number of rotatable bonds is 1. The van der Waals surface area contributed by atoms with Crippen molar-refractivity contribution < 1.29 is 4.79 Å². The van der Waals surface area contributed by atoms with Gasteiger partial charge in [0.15, 0.2) is 0 Å². The Morgan fingerprint density at radius 2 is 2.00 bits per heavy atom. The van der Waals surface area contributed by atoms with Crippen LogP contribution in [0.2, 0.25) is 5.02 Å². The molecule has 2 aliphatic rings. The van der Waals surface area contributed by atoms with Crippen LogP contribution in [0.5, 0.6) is 0 Å². The van der Waals surface area contributed by atoms with Crippen LogP contribution in [-0.2, 0) is 4.79 Å². The number of carbonyl (C=O) groups excluding carboxylic acids is 1. The zero-order chi connectivity index (χ0) is 10.4. The van der Waals surface area contributed by atoms with Gasteiger partial charge in [-0.25, -0.2) is 0 Å². The highest BCUT2D eigenvalue weighted by molar-refractivity contribution is 6.31. The number of Topliss-reactive ketones (excluding diaryl/α,β-unsaturated/α-hetero) is 1. The van der Waals surface area contributed by atoms with Gasteiger partial charge in [-0.2, -0.15) is 0 Å². The molecule has 0 N–H and O–H groups in total. The standard InChI is InChI=1S/C13H13ClO/c14-11-4-2-1-3-10(11)12-8-5-6-9(7-8)13(12)15/h1-4,8-9,12H,5-7H2. The lowest BCUT2D eigenvalue weighted by Gasteiger charge is -2.21. The molecule has 0 spiro atoms. The maximum Gasteiger partial charge on any atom is 0.143 e. The predicted octanol–water partition coefficient (Wildman–Crippen LogP) is 3.42. The summed E-state index contributed by atoms with van der Waals surface area (Å²) in [6.45, 7) is 0. The molecule has 2 bridgehead atoms. The first-order chi connectivity index (χ1) is 7.27. The number of ketones is 1. The second kappa shape index (κ2) is 3.34. The molecule has 3 unspecified atom stereocenters. The first-order valence-corrected chi connectivity index (χ1v) is 5.93. The molecular weight excluding hydrogens is 208 g/mol. The second-order valence-electron chi connectivity index (χ2n) is 4.67. The molecule has 78 valence electrons. The van der Waals surface area contributed by atoms with Gasteiger partial charge < -0.3 is 0 Å². The van der Waals surface area contributed by atoms with Crippen LogP contribution in [0.15, 0.2) is 24.3 Å². The first-order valence-electron chi connectivity index (χ1n) is 5.55. The van der Waals surface area contributed by atoms with Gasteiger partial charge in [0.2, 0.25) is 0 Å². The van der Waals surface area contributed by atoms with E-state index in [9.17, 15) is 4.79 Å². The molecule has 1 nitrogen and oxygen atoms in total. The van der Waals surface area contributed by atoms with E-state index in [1.165, 1.54) is 6.42 Å². The van der Waals surface area contributed by atoms with Crippen LogP contribution in [0.1, 0.15) is 30.7 Å². The number of hydrogen-bond acceptors (Lipinski definition) is 1. The summed E-state index contributed by atoms with van der Waals surface area (Å²) in [5.41, 5.74) is 1.05. The van der Waals surface area contributed by atoms with Crippen molar-refractivity contribution in [3.8, 4) is 0 Å². The summed E-state index contributed by atoms with van der Waals surface area (Å²) in [6, 6.07) is 7.78. The van der Waals surface area contributed by atoms with Crippen LogP contribution < -0.4 is 0 Å². The fraction of sp³-hybridized carbons (Fsp3) is 0.462. The topological polar surface area (TPSA) is 17.1 Å². The molecule has 2 heteroatoms. The van der Waals surface area contributed by atoms with E-state index in [1.807, 2.05) is 24.3 Å². The summed E-state index contributed by atoms with van der Waals surface area (Å²) in [6.07, 6.45) is 3.39. The van der Waals surface area contributed by atoms with E-state index < -0.39 is 0 Å². The largest absolute Gasteiger partial charge is 0.299 e. The Labute approximate surface area is 94.4 Å². The summed E-state index contributed by atoms with van der Waals surface area (Å²) in [7, 11) is 0. The van der Waals surface area contributed by atoms with Crippen molar-refractivity contribution in [1.29, 1.82) is 0 Å². The zero-order valence-electron chi connectivity index (χ0n) is 8.45. The SMILES string of the molecule is O=C1C2CCC(C2)C1c1ccccc1Cl. The van der Waals surface area contributed by atoms with E-state index in [0.717, 1.165) is 23.4 Å². The van der Waals surface area contributed by atoms with E-state index in [2.05, 4.69) is 0 Å². The molecule has 2 aliphatic carbocycles. The van der Waals surface area contributed by atoms with E-state index in [-0.39, 0.29) is 5.92 Å². The van der Waals surface area contributed by atoms with Gasteiger partial charge in [-0.1, -0.05) is 29.8 Å². The Kier molecular flexibility index (Phi) is 2.10. The van der Waals surface area contributed by atoms with E-state index >= 15 is 0 Å². The molecule has 0 aromatic heterocycles. The molecule has 0 saturated heterocycles. The maximum absolute atomic E-state index is 12.1. The highest BCUT2D eigenvalue weighted by atomic mass is 35.5.